The van der Waals surface area contributed by atoms with Gasteiger partial charge in [-0.3, -0.25) is 4.79 Å². The molecule has 130 valence electrons. The van der Waals surface area contributed by atoms with Crippen molar-refractivity contribution in [3.8, 4) is 0 Å². The van der Waals surface area contributed by atoms with E-state index in [1.54, 1.807) is 0 Å². The minimum Gasteiger partial charge on any atom is -0.371 e. The summed E-state index contributed by atoms with van der Waals surface area (Å²) in [5, 5.41) is 3.01. The molecule has 2 aromatic carbocycles. The standard InChI is InChI=1S/C21H24N2OS/c1-15-5-6-18(20(24)22-16-3-2-4-17(25)14-16)19(13-15)23-11-9-21(7-8-21)10-12-23/h2-6,13-14,25H,7-12H2,1H3,(H,22,24). The number of carbonyl (C=O) groups excluding carboxylic acids is 1. The summed E-state index contributed by atoms with van der Waals surface area (Å²) in [6.45, 7) is 4.19. The number of nitrogens with zero attached hydrogens (tertiary/aromatic N) is 1. The predicted octanol–water partition coefficient (Wildman–Crippen LogP) is 4.92. The fourth-order valence-electron chi connectivity index (χ4n) is 3.78. The third kappa shape index (κ3) is 3.54. The van der Waals surface area contributed by atoms with E-state index in [9.17, 15) is 4.79 Å². The molecular weight excluding hydrogens is 328 g/mol. The van der Waals surface area contributed by atoms with E-state index in [2.05, 4.69) is 35.8 Å². The zero-order chi connectivity index (χ0) is 17.4. The number of benzene rings is 2. The zero-order valence-corrected chi connectivity index (χ0v) is 15.5. The molecule has 1 saturated heterocycles. The molecule has 0 aromatic heterocycles. The molecule has 2 fully saturated rings. The number of hydrogen-bond acceptors (Lipinski definition) is 3. The van der Waals surface area contributed by atoms with Crippen molar-refractivity contribution in [3.05, 3.63) is 53.6 Å². The first-order valence-corrected chi connectivity index (χ1v) is 9.45. The summed E-state index contributed by atoms with van der Waals surface area (Å²) < 4.78 is 0. The van der Waals surface area contributed by atoms with Crippen LogP contribution in [0.2, 0.25) is 0 Å². The lowest BCUT2D eigenvalue weighted by molar-refractivity contribution is 0.102. The molecule has 2 aliphatic rings. The lowest BCUT2D eigenvalue weighted by Gasteiger charge is -2.35. The van der Waals surface area contributed by atoms with Crippen LogP contribution in [0.15, 0.2) is 47.4 Å². The van der Waals surface area contributed by atoms with Crippen LogP contribution in [0.1, 0.15) is 41.6 Å². The van der Waals surface area contributed by atoms with E-state index in [4.69, 9.17) is 0 Å². The Bertz CT molecular complexity index is 803. The summed E-state index contributed by atoms with van der Waals surface area (Å²) in [6, 6.07) is 13.7. The SMILES string of the molecule is Cc1ccc(C(=O)Nc2cccc(S)c2)c(N2CCC3(CC2)CC3)c1. The number of aryl methyl sites for hydroxylation is 1. The van der Waals surface area contributed by atoms with E-state index in [0.29, 0.717) is 5.41 Å². The molecule has 4 rings (SSSR count). The Kier molecular flexibility index (Phi) is 4.24. The Balaban J connectivity index is 1.57. The number of hydrogen-bond donors (Lipinski definition) is 2. The van der Waals surface area contributed by atoms with Crippen LogP contribution < -0.4 is 10.2 Å². The van der Waals surface area contributed by atoms with Crippen molar-refractivity contribution < 1.29 is 4.79 Å². The maximum absolute atomic E-state index is 12.9. The molecule has 1 spiro atoms. The van der Waals surface area contributed by atoms with Gasteiger partial charge in [-0.1, -0.05) is 12.1 Å². The van der Waals surface area contributed by atoms with Crippen LogP contribution in [0.3, 0.4) is 0 Å². The minimum atomic E-state index is -0.0550. The number of nitrogens with one attached hydrogen (secondary N) is 1. The van der Waals surface area contributed by atoms with Crippen LogP contribution >= 0.6 is 12.6 Å². The zero-order valence-electron chi connectivity index (χ0n) is 14.6. The number of thiol groups is 1. The molecule has 1 amide bonds. The van der Waals surface area contributed by atoms with E-state index >= 15 is 0 Å². The van der Waals surface area contributed by atoms with Crippen molar-refractivity contribution in [1.82, 2.24) is 0 Å². The Morgan fingerprint density at radius 3 is 2.52 bits per heavy atom. The van der Waals surface area contributed by atoms with Gasteiger partial charge in [-0.15, -0.1) is 12.6 Å². The van der Waals surface area contributed by atoms with E-state index in [-0.39, 0.29) is 5.91 Å². The molecule has 4 heteroatoms. The highest BCUT2D eigenvalue weighted by atomic mass is 32.1. The topological polar surface area (TPSA) is 32.3 Å². The van der Waals surface area contributed by atoms with E-state index in [1.807, 2.05) is 36.4 Å². The second-order valence-corrected chi connectivity index (χ2v) is 8.03. The maximum atomic E-state index is 12.9. The van der Waals surface area contributed by atoms with E-state index in [1.165, 1.54) is 31.2 Å². The average Bonchev–Trinajstić information content (AvgIpc) is 3.34. The van der Waals surface area contributed by atoms with Crippen molar-refractivity contribution >= 4 is 29.9 Å². The van der Waals surface area contributed by atoms with Gasteiger partial charge < -0.3 is 10.2 Å². The third-order valence-electron chi connectivity index (χ3n) is 5.62. The Labute approximate surface area is 154 Å². The summed E-state index contributed by atoms with van der Waals surface area (Å²) in [6.07, 6.45) is 5.29. The van der Waals surface area contributed by atoms with E-state index < -0.39 is 0 Å². The van der Waals surface area contributed by atoms with Crippen LogP contribution in [-0.4, -0.2) is 19.0 Å². The molecule has 0 bridgehead atoms. The molecule has 1 N–H and O–H groups in total. The minimum absolute atomic E-state index is 0.0550. The first-order valence-electron chi connectivity index (χ1n) is 9.01. The first-order chi connectivity index (χ1) is 12.0. The van der Waals surface area contributed by atoms with Crippen molar-refractivity contribution in [1.29, 1.82) is 0 Å². The van der Waals surface area contributed by atoms with E-state index in [0.717, 1.165) is 34.9 Å². The second kappa shape index (κ2) is 6.41. The van der Waals surface area contributed by atoms with Crippen molar-refractivity contribution in [2.24, 2.45) is 5.41 Å². The maximum Gasteiger partial charge on any atom is 0.257 e. The molecule has 3 nitrogen and oxygen atoms in total. The Hall–Kier alpha value is -1.94. The average molecular weight is 353 g/mol. The number of piperidine rings is 1. The quantitative estimate of drug-likeness (QED) is 0.769. The molecule has 0 atom stereocenters. The second-order valence-electron chi connectivity index (χ2n) is 7.51. The first kappa shape index (κ1) is 16.5. The van der Waals surface area contributed by atoms with Gasteiger partial charge in [-0.2, -0.15) is 0 Å². The molecule has 0 radical (unpaired) electrons. The van der Waals surface area contributed by atoms with Gasteiger partial charge >= 0.3 is 0 Å². The van der Waals surface area contributed by atoms with Gasteiger partial charge in [0.05, 0.1) is 5.56 Å². The van der Waals surface area contributed by atoms with Crippen molar-refractivity contribution in [2.45, 2.75) is 37.5 Å². The molecule has 1 saturated carbocycles. The van der Waals surface area contributed by atoms with Crippen molar-refractivity contribution in [2.75, 3.05) is 23.3 Å². The predicted molar refractivity (Wildman–Crippen MR) is 106 cm³/mol. The van der Waals surface area contributed by atoms with Gasteiger partial charge in [0, 0.05) is 29.4 Å². The highest BCUT2D eigenvalue weighted by Gasteiger charge is 2.44. The van der Waals surface area contributed by atoms with Crippen LogP contribution in [0.25, 0.3) is 0 Å². The highest BCUT2D eigenvalue weighted by Crippen LogP contribution is 2.54. The highest BCUT2D eigenvalue weighted by molar-refractivity contribution is 7.80. The van der Waals surface area contributed by atoms with Gasteiger partial charge in [-0.25, -0.2) is 0 Å². The van der Waals surface area contributed by atoms with Gasteiger partial charge in [0.1, 0.15) is 0 Å². The molecule has 0 unspecified atom stereocenters. The monoisotopic (exact) mass is 352 g/mol. The number of carbonyl (C=O) groups is 1. The molecule has 2 aromatic rings. The van der Waals surface area contributed by atoms with Crippen LogP contribution in [0, 0.1) is 12.3 Å². The van der Waals surface area contributed by atoms with Crippen LogP contribution in [0.4, 0.5) is 11.4 Å². The summed E-state index contributed by atoms with van der Waals surface area (Å²) in [5.74, 6) is -0.0550. The lowest BCUT2D eigenvalue weighted by atomic mass is 9.92. The fourth-order valence-corrected chi connectivity index (χ4v) is 4.00. The lowest BCUT2D eigenvalue weighted by Crippen LogP contribution is -2.35. The Morgan fingerprint density at radius 2 is 1.84 bits per heavy atom. The summed E-state index contributed by atoms with van der Waals surface area (Å²) in [5.41, 5.74) is 4.42. The van der Waals surface area contributed by atoms with Gasteiger partial charge in [0.25, 0.3) is 5.91 Å². The number of amides is 1. The van der Waals surface area contributed by atoms with Crippen LogP contribution in [-0.2, 0) is 0 Å². The smallest absolute Gasteiger partial charge is 0.257 e. The normalized spacial score (nSPS) is 18.2. The van der Waals surface area contributed by atoms with Gasteiger partial charge in [0.15, 0.2) is 0 Å². The number of rotatable bonds is 3. The molecular formula is C21H24N2OS. The number of anilines is 2. The third-order valence-corrected chi connectivity index (χ3v) is 5.90. The van der Waals surface area contributed by atoms with Gasteiger partial charge in [0.2, 0.25) is 0 Å². The molecule has 1 heterocycles. The fraction of sp³-hybridized carbons (Fsp3) is 0.381. The summed E-state index contributed by atoms with van der Waals surface area (Å²) >= 11 is 4.34. The van der Waals surface area contributed by atoms with Gasteiger partial charge in [-0.05, 0) is 73.9 Å². The van der Waals surface area contributed by atoms with Crippen molar-refractivity contribution in [3.63, 3.8) is 0 Å². The molecule has 25 heavy (non-hydrogen) atoms. The largest absolute Gasteiger partial charge is 0.371 e. The Morgan fingerprint density at radius 1 is 1.08 bits per heavy atom. The van der Waals surface area contributed by atoms with Crippen LogP contribution in [0.5, 0.6) is 0 Å². The molecule has 1 aliphatic carbocycles. The summed E-state index contributed by atoms with van der Waals surface area (Å²) in [7, 11) is 0. The molecule has 1 aliphatic heterocycles. The summed E-state index contributed by atoms with van der Waals surface area (Å²) in [4.78, 5) is 16.1.